The maximum absolute atomic E-state index is 13.3. The first-order chi connectivity index (χ1) is 14.7. The normalized spacial score (nSPS) is 19.8. The average molecular weight is 523 g/mol. The summed E-state index contributed by atoms with van der Waals surface area (Å²) in [6, 6.07) is -0.322. The molecule has 0 aromatic rings. The predicted octanol–water partition coefficient (Wildman–Crippen LogP) is 0.793. The number of carbonyl (C=O) groups excluding carboxylic acids is 1. The highest BCUT2D eigenvalue weighted by molar-refractivity contribution is 7.80. The van der Waals surface area contributed by atoms with Crippen LogP contribution in [0, 0.1) is 0 Å². The Hall–Kier alpha value is 0.570. The van der Waals surface area contributed by atoms with Gasteiger partial charge in [-0.1, -0.05) is 0 Å². The molecule has 8 nitrogen and oxygen atoms in total. The van der Waals surface area contributed by atoms with Gasteiger partial charge in [0.25, 0.3) is 0 Å². The number of nitrogens with zero attached hydrogens (tertiary/aromatic N) is 2. The number of halogens is 1. The Morgan fingerprint density at radius 3 is 1.39 bits per heavy atom. The van der Waals surface area contributed by atoms with Crippen LogP contribution in [0.3, 0.4) is 0 Å². The number of carbonyl (C=O) groups is 1. The van der Waals surface area contributed by atoms with Crippen LogP contribution in [0.4, 0.5) is 0 Å². The second kappa shape index (κ2) is 22.4. The number of hydrogen-bond acceptors (Lipinski definition) is 10. The summed E-state index contributed by atoms with van der Waals surface area (Å²) in [6.07, 6.45) is 0. The molecule has 1 saturated heterocycles. The molecule has 1 unspecified atom stereocenters. The monoisotopic (exact) mass is 522 g/mol. The van der Waals surface area contributed by atoms with Gasteiger partial charge in [0.1, 0.15) is 0 Å². The summed E-state index contributed by atoms with van der Waals surface area (Å²) < 4.78 is 27.7. The van der Waals surface area contributed by atoms with Crippen LogP contribution in [0.15, 0.2) is 0 Å². The van der Waals surface area contributed by atoms with Gasteiger partial charge in [0.2, 0.25) is 5.91 Å². The number of thiol groups is 3. The zero-order valence-electron chi connectivity index (χ0n) is 18.2. The third-order valence-corrected chi connectivity index (χ3v) is 5.23. The van der Waals surface area contributed by atoms with Crippen LogP contribution in [0.1, 0.15) is 0 Å². The van der Waals surface area contributed by atoms with Gasteiger partial charge in [-0.05, 0) is 0 Å². The molecule has 1 fully saturated rings. The molecule has 1 heterocycles. The van der Waals surface area contributed by atoms with Crippen molar-refractivity contribution in [3.63, 3.8) is 0 Å². The molecule has 186 valence electrons. The molecule has 1 aliphatic rings. The SMILES string of the molecule is Cl.O=C(C(CS)N(CCS)CCS)N1CCOCCOCCOCCOCCOCC1. The van der Waals surface area contributed by atoms with E-state index in [0.717, 1.165) is 0 Å². The van der Waals surface area contributed by atoms with E-state index < -0.39 is 0 Å². The van der Waals surface area contributed by atoms with E-state index in [4.69, 9.17) is 23.7 Å². The first-order valence-corrected chi connectivity index (χ1v) is 12.4. The number of hydrogen-bond donors (Lipinski definition) is 3. The van der Waals surface area contributed by atoms with Crippen LogP contribution in [-0.2, 0) is 28.5 Å². The summed E-state index contributed by atoms with van der Waals surface area (Å²) in [6.45, 7) is 7.31. The van der Waals surface area contributed by atoms with Crippen molar-refractivity contribution in [2.45, 2.75) is 6.04 Å². The molecule has 1 rings (SSSR count). The van der Waals surface area contributed by atoms with Crippen molar-refractivity contribution < 1.29 is 28.5 Å². The molecule has 0 bridgehead atoms. The summed E-state index contributed by atoms with van der Waals surface area (Å²) >= 11 is 13.1. The molecule has 0 spiro atoms. The lowest BCUT2D eigenvalue weighted by atomic mass is 10.2. The molecule has 0 aromatic carbocycles. The van der Waals surface area contributed by atoms with Crippen molar-refractivity contribution in [2.75, 3.05) is 110 Å². The third kappa shape index (κ3) is 15.2. The predicted molar refractivity (Wildman–Crippen MR) is 135 cm³/mol. The van der Waals surface area contributed by atoms with Gasteiger partial charge in [-0.3, -0.25) is 9.69 Å². The van der Waals surface area contributed by atoms with E-state index in [1.165, 1.54) is 0 Å². The van der Waals surface area contributed by atoms with Crippen molar-refractivity contribution in [1.82, 2.24) is 9.80 Å². The van der Waals surface area contributed by atoms with Crippen LogP contribution in [0.25, 0.3) is 0 Å². The first kappa shape index (κ1) is 31.6. The van der Waals surface area contributed by atoms with Crippen LogP contribution >= 0.6 is 50.3 Å². The minimum Gasteiger partial charge on any atom is -0.377 e. The van der Waals surface area contributed by atoms with Crippen LogP contribution in [0.5, 0.6) is 0 Å². The second-order valence-electron chi connectivity index (χ2n) is 6.57. The van der Waals surface area contributed by atoms with Crippen LogP contribution in [-0.4, -0.2) is 131 Å². The van der Waals surface area contributed by atoms with E-state index in [-0.39, 0.29) is 24.4 Å². The fourth-order valence-electron chi connectivity index (χ4n) is 2.90. The highest BCUT2D eigenvalue weighted by Crippen LogP contribution is 2.08. The Balaban J connectivity index is 0.00000900. The number of ether oxygens (including phenoxy) is 5. The minimum atomic E-state index is -0.322. The van der Waals surface area contributed by atoms with Gasteiger partial charge < -0.3 is 28.6 Å². The lowest BCUT2D eigenvalue weighted by Crippen LogP contribution is -2.52. The summed E-state index contributed by atoms with van der Waals surface area (Å²) in [4.78, 5) is 17.1. The van der Waals surface area contributed by atoms with Crippen molar-refractivity contribution >= 4 is 56.2 Å². The summed E-state index contributed by atoms with van der Waals surface area (Å²) in [5.41, 5.74) is 0. The van der Waals surface area contributed by atoms with Gasteiger partial charge in [-0.2, -0.15) is 37.9 Å². The Kier molecular flexibility index (Phi) is 22.8. The van der Waals surface area contributed by atoms with Crippen molar-refractivity contribution in [1.29, 1.82) is 0 Å². The molecule has 12 heteroatoms. The molecule has 1 atom stereocenters. The Bertz CT molecular complexity index is 408. The lowest BCUT2D eigenvalue weighted by molar-refractivity contribution is -0.137. The summed E-state index contributed by atoms with van der Waals surface area (Å²) in [5, 5.41) is 0. The van der Waals surface area contributed by atoms with Gasteiger partial charge in [0.05, 0.1) is 72.1 Å². The van der Waals surface area contributed by atoms with Crippen LogP contribution < -0.4 is 0 Å². The molecule has 0 radical (unpaired) electrons. The summed E-state index contributed by atoms with van der Waals surface area (Å²) in [7, 11) is 0. The second-order valence-corrected chi connectivity index (χ2v) is 7.83. The standard InChI is InChI=1S/C19H38N2O6S3.ClH/c22-19(18(17-30)20(3-15-28)4-16-29)21-1-5-23-7-9-25-11-13-27-14-12-26-10-8-24-6-2-21;/h18,28-30H,1-17H2;1H. The largest absolute Gasteiger partial charge is 0.377 e. The van der Waals surface area contributed by atoms with Gasteiger partial charge in [-0.15, -0.1) is 12.4 Å². The molecule has 1 aliphatic heterocycles. The van der Waals surface area contributed by atoms with Gasteiger partial charge in [0, 0.05) is 43.4 Å². The molecule has 0 saturated carbocycles. The molecule has 31 heavy (non-hydrogen) atoms. The smallest absolute Gasteiger partial charge is 0.240 e. The zero-order valence-corrected chi connectivity index (χ0v) is 21.7. The van der Waals surface area contributed by atoms with Crippen LogP contribution in [0.2, 0.25) is 0 Å². The molecule has 0 aliphatic carbocycles. The van der Waals surface area contributed by atoms with E-state index in [9.17, 15) is 4.79 Å². The van der Waals surface area contributed by atoms with E-state index >= 15 is 0 Å². The fourth-order valence-corrected chi connectivity index (χ4v) is 3.81. The third-order valence-electron chi connectivity index (χ3n) is 4.48. The van der Waals surface area contributed by atoms with E-state index in [2.05, 4.69) is 42.8 Å². The average Bonchev–Trinajstić information content (AvgIpc) is 2.74. The van der Waals surface area contributed by atoms with Gasteiger partial charge >= 0.3 is 0 Å². The Labute approximate surface area is 209 Å². The topological polar surface area (TPSA) is 69.7 Å². The fraction of sp³-hybridized carbons (Fsp3) is 0.947. The zero-order chi connectivity index (χ0) is 21.9. The Morgan fingerprint density at radius 2 is 1.06 bits per heavy atom. The van der Waals surface area contributed by atoms with Crippen molar-refractivity contribution in [3.05, 3.63) is 0 Å². The lowest BCUT2D eigenvalue weighted by Gasteiger charge is -2.33. The molecular formula is C19H39ClN2O6S3. The molecular weight excluding hydrogens is 484 g/mol. The maximum atomic E-state index is 13.3. The summed E-state index contributed by atoms with van der Waals surface area (Å²) in [5.74, 6) is 1.80. The maximum Gasteiger partial charge on any atom is 0.240 e. The van der Waals surface area contributed by atoms with E-state index in [1.54, 1.807) is 4.90 Å². The molecule has 0 aromatic heterocycles. The Morgan fingerprint density at radius 1 is 0.710 bits per heavy atom. The number of amides is 1. The van der Waals surface area contributed by atoms with Crippen molar-refractivity contribution in [2.24, 2.45) is 0 Å². The highest BCUT2D eigenvalue weighted by atomic mass is 35.5. The van der Waals surface area contributed by atoms with Gasteiger partial charge in [-0.25, -0.2) is 0 Å². The minimum absolute atomic E-state index is 0. The molecule has 0 N–H and O–H groups in total. The highest BCUT2D eigenvalue weighted by Gasteiger charge is 2.28. The van der Waals surface area contributed by atoms with Crippen molar-refractivity contribution in [3.8, 4) is 0 Å². The quantitative estimate of drug-likeness (QED) is 0.427. The van der Waals surface area contributed by atoms with Gasteiger partial charge in [0.15, 0.2) is 0 Å². The number of rotatable bonds is 7. The van der Waals surface area contributed by atoms with E-state index in [0.29, 0.717) is 110 Å². The first-order valence-electron chi connectivity index (χ1n) is 10.5. The molecule has 1 amide bonds. The van der Waals surface area contributed by atoms with E-state index in [1.807, 2.05) is 0 Å².